The van der Waals surface area contributed by atoms with E-state index in [2.05, 4.69) is 5.10 Å². The number of carbonyl (C=O) groups is 2. The first kappa shape index (κ1) is 14.7. The summed E-state index contributed by atoms with van der Waals surface area (Å²) in [5, 5.41) is 14.3. The predicted octanol–water partition coefficient (Wildman–Crippen LogP) is 2.83. The van der Waals surface area contributed by atoms with Crippen LogP contribution in [0.25, 0.3) is 6.08 Å². The van der Waals surface area contributed by atoms with Gasteiger partial charge in [0, 0.05) is 5.56 Å². The Morgan fingerprint density at radius 3 is 2.39 bits per heavy atom. The molecule has 0 bridgehead atoms. The second-order valence-corrected chi connectivity index (χ2v) is 5.12. The first-order chi connectivity index (χ1) is 11.1. The van der Waals surface area contributed by atoms with Crippen LogP contribution in [0, 0.1) is 0 Å². The minimum atomic E-state index is -0.455. The lowest BCUT2D eigenvalue weighted by Crippen LogP contribution is -2.29. The van der Waals surface area contributed by atoms with Crippen LogP contribution in [-0.4, -0.2) is 27.6 Å². The zero-order chi connectivity index (χ0) is 16.4. The fraction of sp³-hybridized carbons (Fsp3) is 0.0556. The molecule has 0 saturated heterocycles. The lowest BCUT2D eigenvalue weighted by molar-refractivity contribution is -0.123. The Labute approximate surface area is 133 Å². The number of phenolic OH excluding ortho intramolecular Hbond substituents is 1. The van der Waals surface area contributed by atoms with E-state index in [0.29, 0.717) is 16.8 Å². The Bertz CT molecular complexity index is 821. The van der Waals surface area contributed by atoms with Gasteiger partial charge in [-0.1, -0.05) is 30.3 Å². The second-order valence-electron chi connectivity index (χ2n) is 5.12. The normalized spacial score (nSPS) is 15.9. The zero-order valence-electron chi connectivity index (χ0n) is 12.4. The highest BCUT2D eigenvalue weighted by Crippen LogP contribution is 2.21. The first-order valence-electron chi connectivity index (χ1n) is 7.06. The molecule has 2 aromatic rings. The van der Waals surface area contributed by atoms with Crippen molar-refractivity contribution in [2.24, 2.45) is 5.10 Å². The van der Waals surface area contributed by atoms with E-state index >= 15 is 0 Å². The molecular weight excluding hydrogens is 292 g/mol. The van der Waals surface area contributed by atoms with E-state index in [1.807, 2.05) is 0 Å². The number of hydrazone groups is 1. The molecule has 23 heavy (non-hydrogen) atoms. The molecule has 1 aliphatic rings. The molecule has 3 rings (SSSR count). The van der Waals surface area contributed by atoms with Crippen molar-refractivity contribution in [2.75, 3.05) is 0 Å². The van der Waals surface area contributed by atoms with Crippen molar-refractivity contribution in [3.63, 3.8) is 0 Å². The standard InChI is InChI=1S/C18H14N2O3/c1-12-16(11-13-7-9-15(21)10-8-13)18(23)20(19-12)17(22)14-5-3-2-4-6-14/h2-11,21H,1H3/b16-11+. The Morgan fingerprint density at radius 2 is 1.74 bits per heavy atom. The maximum atomic E-state index is 12.5. The summed E-state index contributed by atoms with van der Waals surface area (Å²) in [6.45, 7) is 1.68. The number of aromatic hydroxyl groups is 1. The summed E-state index contributed by atoms with van der Waals surface area (Å²) in [5.41, 5.74) is 1.99. The van der Waals surface area contributed by atoms with Gasteiger partial charge in [0.25, 0.3) is 11.8 Å². The van der Waals surface area contributed by atoms with Crippen LogP contribution in [0.5, 0.6) is 5.75 Å². The molecule has 5 nitrogen and oxygen atoms in total. The Kier molecular flexibility index (Phi) is 3.76. The Morgan fingerprint density at radius 1 is 1.09 bits per heavy atom. The zero-order valence-corrected chi connectivity index (χ0v) is 12.4. The largest absolute Gasteiger partial charge is 0.508 e. The summed E-state index contributed by atoms with van der Waals surface area (Å²) >= 11 is 0. The maximum Gasteiger partial charge on any atom is 0.283 e. The van der Waals surface area contributed by atoms with Gasteiger partial charge in [-0.25, -0.2) is 0 Å². The van der Waals surface area contributed by atoms with Crippen molar-refractivity contribution in [3.05, 3.63) is 71.3 Å². The predicted molar refractivity (Wildman–Crippen MR) is 86.8 cm³/mol. The van der Waals surface area contributed by atoms with Gasteiger partial charge in [0.1, 0.15) is 5.75 Å². The van der Waals surface area contributed by atoms with E-state index in [0.717, 1.165) is 10.6 Å². The number of amides is 2. The van der Waals surface area contributed by atoms with E-state index in [4.69, 9.17) is 0 Å². The van der Waals surface area contributed by atoms with E-state index in [1.54, 1.807) is 55.5 Å². The molecular formula is C18H14N2O3. The van der Waals surface area contributed by atoms with Crippen LogP contribution in [0.15, 0.2) is 65.3 Å². The highest BCUT2D eigenvalue weighted by Gasteiger charge is 2.32. The lowest BCUT2D eigenvalue weighted by Gasteiger charge is -2.09. The molecule has 0 radical (unpaired) electrons. The third-order valence-electron chi connectivity index (χ3n) is 3.48. The van der Waals surface area contributed by atoms with Crippen LogP contribution in [0.1, 0.15) is 22.8 Å². The van der Waals surface area contributed by atoms with E-state index in [9.17, 15) is 14.7 Å². The van der Waals surface area contributed by atoms with Gasteiger partial charge < -0.3 is 5.11 Å². The van der Waals surface area contributed by atoms with Gasteiger partial charge in [-0.3, -0.25) is 9.59 Å². The van der Waals surface area contributed by atoms with Crippen LogP contribution < -0.4 is 0 Å². The minimum absolute atomic E-state index is 0.149. The van der Waals surface area contributed by atoms with Crippen molar-refractivity contribution in [2.45, 2.75) is 6.92 Å². The molecule has 2 amide bonds. The molecule has 114 valence electrons. The average molecular weight is 306 g/mol. The van der Waals surface area contributed by atoms with Gasteiger partial charge in [0.15, 0.2) is 0 Å². The third-order valence-corrected chi connectivity index (χ3v) is 3.48. The summed E-state index contributed by atoms with van der Waals surface area (Å²) < 4.78 is 0. The summed E-state index contributed by atoms with van der Waals surface area (Å²) in [5.74, 6) is -0.760. The van der Waals surface area contributed by atoms with Crippen LogP contribution in [0.2, 0.25) is 0 Å². The van der Waals surface area contributed by atoms with Crippen molar-refractivity contribution in [3.8, 4) is 5.75 Å². The van der Waals surface area contributed by atoms with Crippen LogP contribution in [0.4, 0.5) is 0 Å². The number of hydrogen-bond acceptors (Lipinski definition) is 4. The number of rotatable bonds is 2. The Balaban J connectivity index is 1.90. The van der Waals surface area contributed by atoms with Crippen molar-refractivity contribution >= 4 is 23.6 Å². The smallest absolute Gasteiger partial charge is 0.283 e. The van der Waals surface area contributed by atoms with Crippen LogP contribution in [0.3, 0.4) is 0 Å². The van der Waals surface area contributed by atoms with Gasteiger partial charge in [0.05, 0.1) is 11.3 Å². The van der Waals surface area contributed by atoms with Crippen molar-refractivity contribution in [1.29, 1.82) is 0 Å². The number of imide groups is 1. The summed E-state index contributed by atoms with van der Waals surface area (Å²) in [4.78, 5) is 24.9. The van der Waals surface area contributed by atoms with E-state index in [-0.39, 0.29) is 5.75 Å². The second kappa shape index (κ2) is 5.88. The van der Waals surface area contributed by atoms with Gasteiger partial charge in [0.2, 0.25) is 0 Å². The monoisotopic (exact) mass is 306 g/mol. The Hall–Kier alpha value is -3.21. The molecule has 0 spiro atoms. The first-order valence-corrected chi connectivity index (χ1v) is 7.06. The number of nitrogens with zero attached hydrogens (tertiary/aromatic N) is 2. The lowest BCUT2D eigenvalue weighted by atomic mass is 10.1. The highest BCUT2D eigenvalue weighted by molar-refractivity contribution is 6.30. The quantitative estimate of drug-likeness (QED) is 0.685. The van der Waals surface area contributed by atoms with E-state index in [1.165, 1.54) is 12.1 Å². The number of hydrogen-bond donors (Lipinski definition) is 1. The molecule has 0 fully saturated rings. The minimum Gasteiger partial charge on any atom is -0.508 e. The molecule has 0 saturated carbocycles. The van der Waals surface area contributed by atoms with Gasteiger partial charge in [-0.2, -0.15) is 10.1 Å². The molecule has 0 aliphatic carbocycles. The fourth-order valence-corrected chi connectivity index (χ4v) is 2.26. The molecule has 1 heterocycles. The SMILES string of the molecule is CC1=NN(C(=O)c2ccccc2)C(=O)/C1=C/c1ccc(O)cc1. The molecule has 0 unspecified atom stereocenters. The maximum absolute atomic E-state index is 12.5. The van der Waals surface area contributed by atoms with Crippen molar-refractivity contribution in [1.82, 2.24) is 5.01 Å². The molecule has 5 heteroatoms. The number of benzene rings is 2. The molecule has 0 aromatic heterocycles. The van der Waals surface area contributed by atoms with Gasteiger partial charge >= 0.3 is 0 Å². The summed E-state index contributed by atoms with van der Waals surface area (Å²) in [6.07, 6.45) is 1.65. The molecule has 1 aliphatic heterocycles. The molecule has 0 atom stereocenters. The number of phenols is 1. The van der Waals surface area contributed by atoms with Crippen LogP contribution >= 0.6 is 0 Å². The fourth-order valence-electron chi connectivity index (χ4n) is 2.26. The summed E-state index contributed by atoms with van der Waals surface area (Å²) in [7, 11) is 0. The number of carbonyl (C=O) groups excluding carboxylic acids is 2. The van der Waals surface area contributed by atoms with Crippen molar-refractivity contribution < 1.29 is 14.7 Å². The third kappa shape index (κ3) is 2.89. The molecule has 2 aromatic carbocycles. The average Bonchev–Trinajstić information content (AvgIpc) is 2.85. The van der Waals surface area contributed by atoms with Gasteiger partial charge in [-0.05, 0) is 42.8 Å². The molecule has 1 N–H and O–H groups in total. The topological polar surface area (TPSA) is 70.0 Å². The highest BCUT2D eigenvalue weighted by atomic mass is 16.3. The van der Waals surface area contributed by atoms with Crippen LogP contribution in [-0.2, 0) is 4.79 Å². The summed E-state index contributed by atoms with van der Waals surface area (Å²) in [6, 6.07) is 15.0. The van der Waals surface area contributed by atoms with Gasteiger partial charge in [-0.15, -0.1) is 0 Å². The van der Waals surface area contributed by atoms with E-state index < -0.39 is 11.8 Å².